The highest BCUT2D eigenvalue weighted by atomic mass is 19.1. The number of aromatic nitrogens is 5. The number of nitrogens with zero attached hydrogens (tertiary/aromatic N) is 5. The number of benzene rings is 1. The monoisotopic (exact) mass is 436 g/mol. The Morgan fingerprint density at radius 3 is 2.78 bits per heavy atom. The number of hydrogen-bond donors (Lipinski definition) is 1. The smallest absolute Gasteiger partial charge is 0.183 e. The van der Waals surface area contributed by atoms with Crippen LogP contribution in [-0.4, -0.2) is 36.7 Å². The second kappa shape index (κ2) is 8.29. The first-order chi connectivity index (χ1) is 15.6. The summed E-state index contributed by atoms with van der Waals surface area (Å²) in [5.41, 5.74) is 1.84. The summed E-state index contributed by atoms with van der Waals surface area (Å²) in [6.07, 6.45) is 4.32. The Morgan fingerprint density at radius 1 is 1.16 bits per heavy atom. The lowest BCUT2D eigenvalue weighted by Gasteiger charge is -2.12. The predicted octanol–water partition coefficient (Wildman–Crippen LogP) is 3.86. The summed E-state index contributed by atoms with van der Waals surface area (Å²) in [6, 6.07) is 9.26. The standard InChI is InChI=1S/C22H18F2N6O2/c23-14-5-2-1-4-13(14)12-30-19(16-8-9-32-29-16)10-18(28-30)22-25-11-15(24)21(27-22)26-17-6-3-7-20(17)31/h1-2,4-5,8-11,17H,3,6-7,12H2,(H,25,26,27)/t17-/m0/s1. The lowest BCUT2D eigenvalue weighted by atomic mass is 10.2. The molecule has 1 aliphatic carbocycles. The fraction of sp³-hybridized carbons (Fsp3) is 0.227. The van der Waals surface area contributed by atoms with E-state index < -0.39 is 11.9 Å². The summed E-state index contributed by atoms with van der Waals surface area (Å²) in [5, 5.41) is 11.3. The number of rotatable bonds is 6. The van der Waals surface area contributed by atoms with Gasteiger partial charge >= 0.3 is 0 Å². The van der Waals surface area contributed by atoms with Gasteiger partial charge in [-0.25, -0.2) is 18.7 Å². The van der Waals surface area contributed by atoms with Crippen LogP contribution >= 0.6 is 0 Å². The SMILES string of the molecule is O=C1CCC[C@@H]1Nc1nc(-c2cc(-c3ccon3)n(Cc3ccccc3F)n2)ncc1F. The molecule has 1 atom stereocenters. The van der Waals surface area contributed by atoms with E-state index in [0.717, 1.165) is 12.6 Å². The van der Waals surface area contributed by atoms with Crippen LogP contribution in [-0.2, 0) is 11.3 Å². The minimum absolute atomic E-state index is 0.0343. The number of ketones is 1. The lowest BCUT2D eigenvalue weighted by Crippen LogP contribution is -2.25. The van der Waals surface area contributed by atoms with E-state index in [4.69, 9.17) is 4.52 Å². The number of anilines is 1. The van der Waals surface area contributed by atoms with Crippen LogP contribution in [0.5, 0.6) is 0 Å². The van der Waals surface area contributed by atoms with Crippen molar-refractivity contribution in [3.05, 3.63) is 66.1 Å². The molecule has 32 heavy (non-hydrogen) atoms. The molecule has 1 fully saturated rings. The molecule has 1 N–H and O–H groups in total. The van der Waals surface area contributed by atoms with Crippen molar-refractivity contribution in [3.63, 3.8) is 0 Å². The van der Waals surface area contributed by atoms with Crippen molar-refractivity contribution in [2.45, 2.75) is 31.8 Å². The summed E-state index contributed by atoms with van der Waals surface area (Å²) in [4.78, 5) is 20.3. The minimum Gasteiger partial charge on any atom is -0.364 e. The average Bonchev–Trinajstić information content (AvgIpc) is 3.53. The van der Waals surface area contributed by atoms with Crippen molar-refractivity contribution < 1.29 is 18.1 Å². The zero-order chi connectivity index (χ0) is 22.1. The molecule has 3 aromatic heterocycles. The highest BCUT2D eigenvalue weighted by Crippen LogP contribution is 2.27. The third-order valence-electron chi connectivity index (χ3n) is 5.35. The molecule has 0 amide bonds. The van der Waals surface area contributed by atoms with Crippen LogP contribution in [0.3, 0.4) is 0 Å². The van der Waals surface area contributed by atoms with E-state index in [0.29, 0.717) is 35.5 Å². The molecule has 10 heteroatoms. The largest absolute Gasteiger partial charge is 0.364 e. The van der Waals surface area contributed by atoms with Gasteiger partial charge in [-0.05, 0) is 25.0 Å². The molecule has 0 radical (unpaired) electrons. The van der Waals surface area contributed by atoms with E-state index in [-0.39, 0.29) is 29.8 Å². The number of nitrogens with one attached hydrogen (secondary N) is 1. The van der Waals surface area contributed by atoms with Crippen molar-refractivity contribution in [2.24, 2.45) is 0 Å². The second-order valence-corrected chi connectivity index (χ2v) is 7.49. The van der Waals surface area contributed by atoms with Gasteiger partial charge in [0.1, 0.15) is 23.5 Å². The molecule has 0 spiro atoms. The molecule has 0 unspecified atom stereocenters. The van der Waals surface area contributed by atoms with Crippen LogP contribution in [0.4, 0.5) is 14.6 Å². The van der Waals surface area contributed by atoms with Crippen LogP contribution in [0.25, 0.3) is 22.9 Å². The summed E-state index contributed by atoms with van der Waals surface area (Å²) in [5.74, 6) is -0.873. The third-order valence-corrected chi connectivity index (χ3v) is 5.35. The first-order valence-corrected chi connectivity index (χ1v) is 10.1. The number of hydrogen-bond acceptors (Lipinski definition) is 7. The van der Waals surface area contributed by atoms with Gasteiger partial charge in [-0.15, -0.1) is 0 Å². The molecule has 3 heterocycles. The summed E-state index contributed by atoms with van der Waals surface area (Å²) in [7, 11) is 0. The fourth-order valence-corrected chi connectivity index (χ4v) is 3.71. The quantitative estimate of drug-likeness (QED) is 0.490. The average molecular weight is 436 g/mol. The zero-order valence-electron chi connectivity index (χ0n) is 16.8. The van der Waals surface area contributed by atoms with Gasteiger partial charge in [-0.2, -0.15) is 5.10 Å². The molecule has 1 aliphatic rings. The van der Waals surface area contributed by atoms with Crippen LogP contribution < -0.4 is 5.32 Å². The van der Waals surface area contributed by atoms with Crippen molar-refractivity contribution in [2.75, 3.05) is 5.32 Å². The molecule has 0 aliphatic heterocycles. The second-order valence-electron chi connectivity index (χ2n) is 7.49. The Labute approximate surface area is 181 Å². The van der Waals surface area contributed by atoms with Crippen molar-refractivity contribution in [1.29, 1.82) is 0 Å². The Morgan fingerprint density at radius 2 is 2.03 bits per heavy atom. The molecule has 5 rings (SSSR count). The van der Waals surface area contributed by atoms with Crippen molar-refractivity contribution in [3.8, 4) is 22.9 Å². The number of halogens is 2. The molecule has 0 bridgehead atoms. The van der Waals surface area contributed by atoms with E-state index in [2.05, 4.69) is 25.5 Å². The minimum atomic E-state index is -0.657. The van der Waals surface area contributed by atoms with Crippen LogP contribution in [0.2, 0.25) is 0 Å². The first-order valence-electron chi connectivity index (χ1n) is 10.1. The van der Waals surface area contributed by atoms with E-state index in [9.17, 15) is 13.6 Å². The Balaban J connectivity index is 1.52. The van der Waals surface area contributed by atoms with Gasteiger partial charge in [0, 0.05) is 18.1 Å². The number of carbonyl (C=O) groups is 1. The van der Waals surface area contributed by atoms with Gasteiger partial charge in [0.05, 0.1) is 24.5 Å². The molecule has 1 aromatic carbocycles. The van der Waals surface area contributed by atoms with Gasteiger partial charge in [0.2, 0.25) is 0 Å². The van der Waals surface area contributed by atoms with Gasteiger partial charge in [0.25, 0.3) is 0 Å². The molecule has 1 saturated carbocycles. The van der Waals surface area contributed by atoms with Crippen molar-refractivity contribution >= 4 is 11.6 Å². The first kappa shape index (κ1) is 20.0. The van der Waals surface area contributed by atoms with E-state index in [1.165, 1.54) is 12.3 Å². The summed E-state index contributed by atoms with van der Waals surface area (Å²) < 4.78 is 35.0. The van der Waals surface area contributed by atoms with E-state index in [1.54, 1.807) is 35.0 Å². The molecular formula is C22H18F2N6O2. The van der Waals surface area contributed by atoms with Gasteiger partial charge in [-0.1, -0.05) is 23.4 Å². The Kier molecular flexibility index (Phi) is 5.18. The molecular weight excluding hydrogens is 418 g/mol. The Hall–Kier alpha value is -3.95. The van der Waals surface area contributed by atoms with Gasteiger partial charge < -0.3 is 9.84 Å². The zero-order valence-corrected chi connectivity index (χ0v) is 16.8. The Bertz CT molecular complexity index is 1270. The lowest BCUT2D eigenvalue weighted by molar-refractivity contribution is -0.118. The summed E-state index contributed by atoms with van der Waals surface area (Å²) >= 11 is 0. The maximum absolute atomic E-state index is 14.3. The van der Waals surface area contributed by atoms with Gasteiger partial charge in [0.15, 0.2) is 23.2 Å². The molecule has 162 valence electrons. The third kappa shape index (κ3) is 3.86. The molecule has 8 nitrogen and oxygen atoms in total. The topological polar surface area (TPSA) is 98.7 Å². The van der Waals surface area contributed by atoms with Crippen molar-refractivity contribution in [1.82, 2.24) is 24.9 Å². The van der Waals surface area contributed by atoms with Crippen LogP contribution in [0, 0.1) is 11.6 Å². The maximum atomic E-state index is 14.3. The molecule has 0 saturated heterocycles. The van der Waals surface area contributed by atoms with E-state index in [1.807, 2.05) is 0 Å². The molecule has 4 aromatic rings. The number of Topliss-reactive ketones (excluding diaryl/α,β-unsaturated/α-hetero) is 1. The summed E-state index contributed by atoms with van der Waals surface area (Å²) in [6.45, 7) is 0.137. The van der Waals surface area contributed by atoms with Crippen LogP contribution in [0.15, 0.2) is 53.4 Å². The predicted molar refractivity (Wildman–Crippen MR) is 110 cm³/mol. The fourth-order valence-electron chi connectivity index (χ4n) is 3.71. The highest BCUT2D eigenvalue weighted by Gasteiger charge is 2.26. The van der Waals surface area contributed by atoms with E-state index >= 15 is 0 Å². The van der Waals surface area contributed by atoms with Gasteiger partial charge in [-0.3, -0.25) is 9.48 Å². The maximum Gasteiger partial charge on any atom is 0.183 e. The van der Waals surface area contributed by atoms with Crippen LogP contribution in [0.1, 0.15) is 24.8 Å². The highest BCUT2D eigenvalue weighted by molar-refractivity contribution is 5.88. The normalized spacial score (nSPS) is 15.9. The number of carbonyl (C=O) groups excluding carboxylic acids is 1.